The number of para-hydroxylation sites is 2. The lowest BCUT2D eigenvalue weighted by molar-refractivity contribution is 0.243. The fraction of sp³-hybridized carbons (Fsp3) is 0.448. The number of aromatic nitrogens is 4. The quantitative estimate of drug-likeness (QED) is 0.0473. The van der Waals surface area contributed by atoms with Gasteiger partial charge in [0.05, 0.1) is 79.9 Å². The summed E-state index contributed by atoms with van der Waals surface area (Å²) in [6.45, 7) is 10.1. The lowest BCUT2D eigenvalue weighted by atomic mass is 9.84. The number of nitrogens with one attached hydrogen (secondary N) is 6. The summed E-state index contributed by atoms with van der Waals surface area (Å²) in [5, 5.41) is 13.5. The van der Waals surface area contributed by atoms with Crippen LogP contribution in [0.1, 0.15) is 153 Å². The van der Waals surface area contributed by atoms with Gasteiger partial charge in [-0.2, -0.15) is 9.97 Å². The normalized spacial score (nSPS) is 22.5. The van der Waals surface area contributed by atoms with E-state index in [1.54, 1.807) is 52.0 Å². The summed E-state index contributed by atoms with van der Waals surface area (Å²) in [4.78, 5) is 16.3. The van der Waals surface area contributed by atoms with Gasteiger partial charge in [-0.15, -0.1) is 0 Å². The molecule has 6 N–H and O–H groups in total. The number of halogens is 2. The zero-order valence-electron chi connectivity index (χ0n) is 61.4. The Balaban J connectivity index is 0.000000300. The molecule has 0 spiro atoms. The van der Waals surface area contributed by atoms with Crippen LogP contribution in [0.25, 0.3) is 0 Å². The molecule has 2 aliphatic rings. The highest BCUT2D eigenvalue weighted by Gasteiger charge is 2.27. The molecule has 2 aromatic heterocycles. The second kappa shape index (κ2) is 26.9. The van der Waals surface area contributed by atoms with Crippen molar-refractivity contribution >= 4 is 89.2 Å². The van der Waals surface area contributed by atoms with Crippen LogP contribution < -0.4 is 41.4 Å². The first kappa shape index (κ1) is 41.3. The minimum atomic E-state index is -4.69. The second-order valence-electron chi connectivity index (χ2n) is 18.9. The van der Waals surface area contributed by atoms with Crippen molar-refractivity contribution in [2.45, 2.75) is 160 Å². The molecule has 422 valence electrons. The van der Waals surface area contributed by atoms with Gasteiger partial charge in [0.25, 0.3) is 0 Å². The number of sulfone groups is 2. The third-order valence-corrected chi connectivity index (χ3v) is 16.4. The van der Waals surface area contributed by atoms with E-state index in [4.69, 9.17) is 56.0 Å². The third kappa shape index (κ3) is 15.3. The molecule has 0 amide bonds. The number of benzene rings is 4. The van der Waals surface area contributed by atoms with Crippen molar-refractivity contribution in [3.05, 3.63) is 117 Å². The smallest absolute Gasteiger partial charge is 0.229 e. The number of piperidine rings is 2. The molecule has 16 nitrogen and oxygen atoms in total. The molecular formula is C58H78Cl2N10O6S2. The Morgan fingerprint density at radius 2 is 1.23 bits per heavy atom. The summed E-state index contributed by atoms with van der Waals surface area (Å²) in [5.74, 6) is -1.83. The standard InChI is InChI=1S/C29H38ClN5O3S.C28H36ClN5O3S.CH4/c1-17(2)38-26-15-22(21-11-12-31-20(6)14-21)19(5)13-25(26)34-29-32-16-23(30)28(35-29)33-24-9-7-8-10-27(24)39(36,37)18(3)4;1-17(2)37-25-15-21(20-10-12-30-13-11-20)19(5)14-24(25)33-28-31-16-22(29)27(34-28)32-23-8-6-7-9-26(23)38(35,36)18(3)4;/h7-10,13,15-18,20-21,31H,11-12,14H2,1-6H3,(H2,32,33,34,35);6-9,14-18,20,30H,10-13H2,1-5H3,(H2,31,32,33,34);1H4/i7D,8D,9D,10D,12D2,13D,15D,17D,18D,20D;12D2,13D2,14D,17D;. The van der Waals surface area contributed by atoms with Crippen LogP contribution in [0, 0.1) is 13.8 Å². The summed E-state index contributed by atoms with van der Waals surface area (Å²) in [5.41, 5.74) is 1.26. The maximum Gasteiger partial charge on any atom is 0.229 e. The maximum atomic E-state index is 13.4. The minimum absolute atomic E-state index is 0. The molecule has 0 saturated carbocycles. The monoisotopic (exact) mass is 1160 g/mol. The molecule has 20 heteroatoms. The average Bonchev–Trinajstić information content (AvgIpc) is 0.758. The molecule has 2 fully saturated rings. The van der Waals surface area contributed by atoms with Gasteiger partial charge in [-0.25, -0.2) is 26.8 Å². The van der Waals surface area contributed by atoms with Gasteiger partial charge < -0.3 is 41.4 Å². The SMILES string of the molecule is C.[2H]c1c(C)c(C2CC([2H])([2H])NC([2H])([2H])C2)cc(OC([2H])(C)C)c1Nc1ncc(Cl)c(Nc2ccccc2S(=O)(=O)C(C)C)n1.[2H]c1c([2H])c([2H])c(S(=O)(=O)C([2H])(C)C)c(Nc2nc(Nc3c([2H])c(C)c(C4CC([2H])([2H])NC([2H])(C)C4)c([2H])c3OC([2H])(C)C)ncc2Cl)c1[2H]. The van der Waals surface area contributed by atoms with Crippen LogP contribution in [0.3, 0.4) is 0 Å². The number of nitrogens with zero attached hydrogens (tertiary/aromatic N) is 4. The van der Waals surface area contributed by atoms with E-state index < -0.39 is 114 Å². The first-order chi connectivity index (χ1) is 42.8. The molecule has 4 aromatic carbocycles. The molecule has 6 aromatic rings. The van der Waals surface area contributed by atoms with Gasteiger partial charge in [0.2, 0.25) is 11.9 Å². The minimum Gasteiger partial charge on any atom is -0.489 e. The van der Waals surface area contributed by atoms with E-state index >= 15 is 0 Å². The lowest BCUT2D eigenvalue weighted by Crippen LogP contribution is -2.35. The van der Waals surface area contributed by atoms with Crippen molar-refractivity contribution in [3.63, 3.8) is 0 Å². The van der Waals surface area contributed by atoms with E-state index in [2.05, 4.69) is 51.8 Å². The highest BCUT2D eigenvalue weighted by Crippen LogP contribution is 2.40. The van der Waals surface area contributed by atoms with Gasteiger partial charge in [-0.1, -0.05) is 54.8 Å². The van der Waals surface area contributed by atoms with Gasteiger partial charge in [-0.3, -0.25) is 0 Å². The van der Waals surface area contributed by atoms with Gasteiger partial charge in [0.1, 0.15) is 21.5 Å². The molecule has 78 heavy (non-hydrogen) atoms. The topological polar surface area (TPSA) is 210 Å². The van der Waals surface area contributed by atoms with E-state index in [1.807, 2.05) is 0 Å². The van der Waals surface area contributed by atoms with Crippen LogP contribution in [-0.4, -0.2) is 84.9 Å². The number of rotatable bonds is 18. The highest BCUT2D eigenvalue weighted by atomic mass is 35.5. The van der Waals surface area contributed by atoms with Crippen molar-refractivity contribution in [3.8, 4) is 11.5 Å². The van der Waals surface area contributed by atoms with Gasteiger partial charge in [-0.05, 0) is 204 Å². The second-order valence-corrected chi connectivity index (χ2v) is 24.4. The van der Waals surface area contributed by atoms with Crippen molar-refractivity contribution in [1.82, 2.24) is 30.6 Å². The van der Waals surface area contributed by atoms with E-state index in [0.717, 1.165) is 20.0 Å². The molecule has 0 bridgehead atoms. The van der Waals surface area contributed by atoms with Gasteiger partial charge in [0, 0.05) is 17.0 Å². The first-order valence-electron chi connectivity index (χ1n) is 32.8. The number of anilines is 8. The largest absolute Gasteiger partial charge is 0.489 e. The van der Waals surface area contributed by atoms with Crippen LogP contribution in [0.4, 0.5) is 46.3 Å². The van der Waals surface area contributed by atoms with Crippen molar-refractivity contribution in [1.29, 1.82) is 0 Å². The maximum absolute atomic E-state index is 13.4. The fourth-order valence-electron chi connectivity index (χ4n) is 7.92. The summed E-state index contributed by atoms with van der Waals surface area (Å²) in [6.07, 6.45) is -0.633. The molecule has 2 saturated heterocycles. The van der Waals surface area contributed by atoms with Crippen molar-refractivity contribution < 1.29 is 49.6 Å². The van der Waals surface area contributed by atoms with E-state index in [1.165, 1.54) is 46.9 Å². The lowest BCUT2D eigenvalue weighted by Gasteiger charge is -2.30. The zero-order valence-corrected chi connectivity index (χ0v) is 47.6. The molecule has 0 aliphatic carbocycles. The van der Waals surface area contributed by atoms with Crippen LogP contribution >= 0.6 is 23.2 Å². The van der Waals surface area contributed by atoms with Crippen LogP contribution in [0.2, 0.25) is 10.0 Å². The Labute approximate surface area is 496 Å². The van der Waals surface area contributed by atoms with Crippen LogP contribution in [-0.2, 0) is 19.7 Å². The number of hydrogen-bond donors (Lipinski definition) is 6. The van der Waals surface area contributed by atoms with Crippen LogP contribution in [0.15, 0.2) is 94.8 Å². The Hall–Kier alpha value is -5.76. The molecule has 8 rings (SSSR count). The van der Waals surface area contributed by atoms with E-state index in [0.29, 0.717) is 11.1 Å². The summed E-state index contributed by atoms with van der Waals surface area (Å²) in [7, 11) is -8.32. The molecule has 2 unspecified atom stereocenters. The summed E-state index contributed by atoms with van der Waals surface area (Å²) in [6, 6.07) is 2.91. The average molecular weight is 1160 g/mol. The van der Waals surface area contributed by atoms with E-state index in [-0.39, 0.29) is 129 Å². The Morgan fingerprint density at radius 3 is 1.81 bits per heavy atom. The zero-order chi connectivity index (χ0) is 70.9. The predicted molar refractivity (Wildman–Crippen MR) is 320 cm³/mol. The van der Waals surface area contributed by atoms with Gasteiger partial charge in [0.15, 0.2) is 31.3 Å². The Kier molecular flexibility index (Phi) is 14.3. The molecule has 4 heterocycles. The summed E-state index contributed by atoms with van der Waals surface area (Å²) >= 11 is 12.7. The highest BCUT2D eigenvalue weighted by molar-refractivity contribution is 7.92. The molecule has 2 atom stereocenters. The van der Waals surface area contributed by atoms with Gasteiger partial charge >= 0.3 is 0 Å². The molecular weight excluding hydrogens is 1070 g/mol. The fourth-order valence-corrected chi connectivity index (χ4v) is 10.4. The van der Waals surface area contributed by atoms with Crippen LogP contribution in [0.5, 0.6) is 11.5 Å². The molecule has 0 radical (unpaired) electrons. The first-order valence-corrected chi connectivity index (χ1v) is 28.1. The van der Waals surface area contributed by atoms with Crippen molar-refractivity contribution in [2.24, 2.45) is 0 Å². The number of hydrogen-bond acceptors (Lipinski definition) is 16. The summed E-state index contributed by atoms with van der Waals surface area (Å²) < 4.78 is 208. The van der Waals surface area contributed by atoms with Crippen molar-refractivity contribution in [2.75, 3.05) is 40.8 Å². The number of ether oxygens (including phenoxy) is 2. The Morgan fingerprint density at radius 1 is 0.692 bits per heavy atom. The Bertz CT molecular complexity index is 4130. The van der Waals surface area contributed by atoms with E-state index in [9.17, 15) is 16.8 Å². The predicted octanol–water partition coefficient (Wildman–Crippen LogP) is 13.7. The molecule has 2 aliphatic heterocycles. The third-order valence-electron chi connectivity index (χ3n) is 11.7.